The second kappa shape index (κ2) is 8.59. The molecule has 6 nitrogen and oxygen atoms in total. The molecule has 1 atom stereocenters. The number of piperidine rings is 1. The molecule has 0 aliphatic carbocycles. The summed E-state index contributed by atoms with van der Waals surface area (Å²) in [6.45, 7) is 1.33. The Hall–Kier alpha value is -3.32. The van der Waals surface area contributed by atoms with Crippen LogP contribution in [0, 0.1) is 5.82 Å². The van der Waals surface area contributed by atoms with Gasteiger partial charge in [-0.25, -0.2) is 4.39 Å². The normalized spacial score (nSPS) is 17.0. The number of nitrogens with one attached hydrogen (secondary N) is 1. The number of benzene rings is 2. The van der Waals surface area contributed by atoms with Gasteiger partial charge < -0.3 is 11.1 Å². The van der Waals surface area contributed by atoms with E-state index in [-0.39, 0.29) is 17.8 Å². The Kier molecular flexibility index (Phi) is 5.72. The average molecular weight is 406 g/mol. The summed E-state index contributed by atoms with van der Waals surface area (Å²) in [6.07, 6.45) is 2.74. The Morgan fingerprint density at radius 2 is 2.00 bits per heavy atom. The number of rotatable bonds is 5. The van der Waals surface area contributed by atoms with Crippen LogP contribution in [0.15, 0.2) is 54.6 Å². The van der Waals surface area contributed by atoms with Crippen LogP contribution >= 0.6 is 0 Å². The number of anilines is 1. The lowest BCUT2D eigenvalue weighted by atomic mass is 10.0. The highest BCUT2D eigenvalue weighted by Crippen LogP contribution is 2.22. The first-order valence-corrected chi connectivity index (χ1v) is 9.99. The molecule has 0 spiro atoms. The third-order valence-corrected chi connectivity index (χ3v) is 5.40. The van der Waals surface area contributed by atoms with Gasteiger partial charge in [-0.3, -0.25) is 19.5 Å². The second-order valence-electron chi connectivity index (χ2n) is 7.56. The van der Waals surface area contributed by atoms with Crippen molar-refractivity contribution in [1.29, 1.82) is 0 Å². The van der Waals surface area contributed by atoms with Crippen molar-refractivity contribution in [3.8, 4) is 0 Å². The number of aromatic nitrogens is 1. The largest absolute Gasteiger partial charge is 0.366 e. The summed E-state index contributed by atoms with van der Waals surface area (Å²) in [4.78, 5) is 31.1. The molecule has 1 unspecified atom stereocenters. The van der Waals surface area contributed by atoms with Gasteiger partial charge in [0.2, 0.25) is 11.8 Å². The van der Waals surface area contributed by atoms with Crippen LogP contribution in [0.1, 0.15) is 35.3 Å². The third-order valence-electron chi connectivity index (χ3n) is 5.40. The number of primary amides is 1. The number of carbonyl (C=O) groups is 2. The molecule has 1 aromatic heterocycles. The van der Waals surface area contributed by atoms with Crippen molar-refractivity contribution in [3.63, 3.8) is 0 Å². The van der Waals surface area contributed by atoms with Gasteiger partial charge in [0.25, 0.3) is 0 Å². The predicted molar refractivity (Wildman–Crippen MR) is 113 cm³/mol. The van der Waals surface area contributed by atoms with Gasteiger partial charge >= 0.3 is 0 Å². The van der Waals surface area contributed by atoms with Gasteiger partial charge in [0.15, 0.2) is 0 Å². The summed E-state index contributed by atoms with van der Waals surface area (Å²) in [7, 11) is 0. The van der Waals surface area contributed by atoms with Crippen LogP contribution in [0.3, 0.4) is 0 Å². The third kappa shape index (κ3) is 4.46. The fraction of sp³-hybridized carbons (Fsp3) is 0.261. The van der Waals surface area contributed by atoms with E-state index in [1.165, 1.54) is 12.1 Å². The molecule has 2 amide bonds. The van der Waals surface area contributed by atoms with E-state index in [0.717, 1.165) is 42.4 Å². The number of hydrogen-bond acceptors (Lipinski definition) is 4. The van der Waals surface area contributed by atoms with Gasteiger partial charge in [0.05, 0.1) is 17.3 Å². The Labute approximate surface area is 173 Å². The molecule has 7 heteroatoms. The van der Waals surface area contributed by atoms with E-state index >= 15 is 0 Å². The fourth-order valence-corrected chi connectivity index (χ4v) is 3.89. The van der Waals surface area contributed by atoms with Gasteiger partial charge in [-0.1, -0.05) is 18.6 Å². The lowest BCUT2D eigenvalue weighted by molar-refractivity contribution is -0.122. The second-order valence-corrected chi connectivity index (χ2v) is 7.56. The Morgan fingerprint density at radius 3 is 2.83 bits per heavy atom. The molecule has 3 N–H and O–H groups in total. The average Bonchev–Trinajstić information content (AvgIpc) is 2.74. The first-order chi connectivity index (χ1) is 14.5. The van der Waals surface area contributed by atoms with E-state index in [9.17, 15) is 14.0 Å². The van der Waals surface area contributed by atoms with Crippen molar-refractivity contribution in [2.75, 3.05) is 11.9 Å². The monoisotopic (exact) mass is 406 g/mol. The Morgan fingerprint density at radius 1 is 1.13 bits per heavy atom. The van der Waals surface area contributed by atoms with E-state index in [4.69, 9.17) is 5.73 Å². The van der Waals surface area contributed by atoms with Gasteiger partial charge in [-0.2, -0.15) is 0 Å². The quantitative estimate of drug-likeness (QED) is 0.679. The highest BCUT2D eigenvalue weighted by molar-refractivity contribution is 5.98. The SMILES string of the molecule is NC(=O)c1cccc(NC(=O)C2CCCCN2Cc2ccc3cc(F)ccc3n2)c1. The van der Waals surface area contributed by atoms with Crippen LogP contribution in [0.4, 0.5) is 10.1 Å². The topological polar surface area (TPSA) is 88.3 Å². The number of hydrogen-bond donors (Lipinski definition) is 2. The number of halogens is 1. The first kappa shape index (κ1) is 20.0. The van der Waals surface area contributed by atoms with Crippen molar-refractivity contribution in [2.45, 2.75) is 31.8 Å². The molecule has 1 aliphatic rings. The van der Waals surface area contributed by atoms with Crippen molar-refractivity contribution in [3.05, 3.63) is 71.7 Å². The molecule has 3 aromatic rings. The summed E-state index contributed by atoms with van der Waals surface area (Å²) >= 11 is 0. The number of pyridine rings is 1. The summed E-state index contributed by atoms with van der Waals surface area (Å²) in [5, 5.41) is 3.66. The summed E-state index contributed by atoms with van der Waals surface area (Å²) in [6, 6.07) is 14.6. The summed E-state index contributed by atoms with van der Waals surface area (Å²) in [5.41, 5.74) is 7.79. The van der Waals surface area contributed by atoms with Crippen LogP contribution in [-0.2, 0) is 11.3 Å². The minimum atomic E-state index is -0.535. The summed E-state index contributed by atoms with van der Waals surface area (Å²) in [5.74, 6) is -0.933. The van der Waals surface area contributed by atoms with E-state index in [2.05, 4.69) is 15.2 Å². The molecule has 2 aromatic carbocycles. The molecule has 0 radical (unpaired) electrons. The molecule has 4 rings (SSSR count). The van der Waals surface area contributed by atoms with Gasteiger partial charge in [-0.05, 0) is 61.9 Å². The molecule has 1 saturated heterocycles. The van der Waals surface area contributed by atoms with E-state index < -0.39 is 5.91 Å². The van der Waals surface area contributed by atoms with Crippen LogP contribution < -0.4 is 11.1 Å². The zero-order chi connectivity index (χ0) is 21.1. The van der Waals surface area contributed by atoms with Crippen molar-refractivity contribution >= 4 is 28.4 Å². The number of nitrogens with zero attached hydrogens (tertiary/aromatic N) is 2. The maximum Gasteiger partial charge on any atom is 0.248 e. The maximum absolute atomic E-state index is 13.4. The van der Waals surface area contributed by atoms with Crippen LogP contribution in [0.2, 0.25) is 0 Å². The molecule has 0 bridgehead atoms. The highest BCUT2D eigenvalue weighted by atomic mass is 19.1. The number of carbonyl (C=O) groups excluding carboxylic acids is 2. The number of nitrogens with two attached hydrogens (primary N) is 1. The lowest BCUT2D eigenvalue weighted by Gasteiger charge is -2.34. The first-order valence-electron chi connectivity index (χ1n) is 9.99. The smallest absolute Gasteiger partial charge is 0.248 e. The molecule has 0 saturated carbocycles. The number of fused-ring (bicyclic) bond motifs is 1. The van der Waals surface area contributed by atoms with Crippen LogP contribution in [0.5, 0.6) is 0 Å². The summed E-state index contributed by atoms with van der Waals surface area (Å²) < 4.78 is 13.4. The fourth-order valence-electron chi connectivity index (χ4n) is 3.89. The minimum absolute atomic E-state index is 0.112. The molecule has 2 heterocycles. The van der Waals surface area contributed by atoms with Crippen molar-refractivity contribution in [2.24, 2.45) is 5.73 Å². The maximum atomic E-state index is 13.4. The van der Waals surface area contributed by atoms with Gasteiger partial charge in [0, 0.05) is 23.2 Å². The molecule has 30 heavy (non-hydrogen) atoms. The molecular formula is C23H23FN4O2. The lowest BCUT2D eigenvalue weighted by Crippen LogP contribution is -2.46. The van der Waals surface area contributed by atoms with Gasteiger partial charge in [0.1, 0.15) is 5.82 Å². The zero-order valence-electron chi connectivity index (χ0n) is 16.5. The van der Waals surface area contributed by atoms with Crippen LogP contribution in [0.25, 0.3) is 10.9 Å². The standard InChI is InChI=1S/C23H23FN4O2/c24-17-8-10-20-15(12-17)7-9-19(26-20)14-28-11-2-1-6-21(28)23(30)27-18-5-3-4-16(13-18)22(25)29/h3-5,7-10,12-13,21H,1-2,6,11,14H2,(H2,25,29)(H,27,30). The van der Waals surface area contributed by atoms with Crippen molar-refractivity contribution < 1.29 is 14.0 Å². The molecular weight excluding hydrogens is 383 g/mol. The molecule has 1 fully saturated rings. The highest BCUT2D eigenvalue weighted by Gasteiger charge is 2.29. The Balaban J connectivity index is 1.50. The Bertz CT molecular complexity index is 1100. The minimum Gasteiger partial charge on any atom is -0.366 e. The van der Waals surface area contributed by atoms with Gasteiger partial charge in [-0.15, -0.1) is 0 Å². The zero-order valence-corrected chi connectivity index (χ0v) is 16.5. The number of amides is 2. The van der Waals surface area contributed by atoms with Crippen molar-refractivity contribution in [1.82, 2.24) is 9.88 Å². The number of likely N-dealkylation sites (tertiary alicyclic amines) is 1. The van der Waals surface area contributed by atoms with E-state index in [1.807, 2.05) is 12.1 Å². The van der Waals surface area contributed by atoms with E-state index in [1.54, 1.807) is 30.3 Å². The van der Waals surface area contributed by atoms with E-state index in [0.29, 0.717) is 17.8 Å². The molecule has 154 valence electrons. The molecule has 1 aliphatic heterocycles. The van der Waals surface area contributed by atoms with Crippen LogP contribution in [-0.4, -0.2) is 34.3 Å². The predicted octanol–water partition coefficient (Wildman–Crippen LogP) is 3.47.